The van der Waals surface area contributed by atoms with Crippen LogP contribution in [0.15, 0.2) is 30.3 Å². The Bertz CT molecular complexity index is 1450. The average Bonchev–Trinajstić information content (AvgIpc) is 3.18. The van der Waals surface area contributed by atoms with Crippen LogP contribution in [0.25, 0.3) is 5.69 Å². The van der Waals surface area contributed by atoms with E-state index in [0.29, 0.717) is 48.2 Å². The fourth-order valence-electron chi connectivity index (χ4n) is 6.37. The molecule has 0 atom stereocenters. The van der Waals surface area contributed by atoms with Crippen molar-refractivity contribution < 1.29 is 30.7 Å². The van der Waals surface area contributed by atoms with Gasteiger partial charge in [0, 0.05) is 49.0 Å². The summed E-state index contributed by atoms with van der Waals surface area (Å²) in [6.07, 6.45) is -4.75. The summed E-state index contributed by atoms with van der Waals surface area (Å²) in [5.74, 6) is -4.42. The maximum absolute atomic E-state index is 14.8. The van der Waals surface area contributed by atoms with E-state index in [1.54, 1.807) is 12.1 Å². The molecular formula is C27H25ClF7N5. The van der Waals surface area contributed by atoms with Crippen LogP contribution >= 0.6 is 11.6 Å². The lowest BCUT2D eigenvalue weighted by Gasteiger charge is -2.51. The van der Waals surface area contributed by atoms with Gasteiger partial charge in [-0.05, 0) is 55.7 Å². The van der Waals surface area contributed by atoms with Gasteiger partial charge in [-0.15, -0.1) is 10.2 Å². The zero-order chi connectivity index (χ0) is 28.6. The molecule has 2 aliphatic heterocycles. The van der Waals surface area contributed by atoms with E-state index in [2.05, 4.69) is 10.2 Å². The highest BCUT2D eigenvalue weighted by molar-refractivity contribution is 6.30. The molecule has 3 aromatic rings. The van der Waals surface area contributed by atoms with Crippen LogP contribution in [-0.2, 0) is 19.3 Å². The van der Waals surface area contributed by atoms with E-state index >= 15 is 0 Å². The normalized spacial score (nSPS) is 21.0. The number of benzene rings is 2. The summed E-state index contributed by atoms with van der Waals surface area (Å²) < 4.78 is 98.7. The molecule has 0 amide bonds. The molecule has 0 radical (unpaired) electrons. The van der Waals surface area contributed by atoms with Crippen LogP contribution in [0.3, 0.4) is 0 Å². The van der Waals surface area contributed by atoms with Crippen molar-refractivity contribution in [3.8, 4) is 5.69 Å². The lowest BCUT2D eigenvalue weighted by Crippen LogP contribution is -2.59. The Morgan fingerprint density at radius 1 is 0.975 bits per heavy atom. The lowest BCUT2D eigenvalue weighted by atomic mass is 9.73. The molecule has 214 valence electrons. The lowest BCUT2D eigenvalue weighted by molar-refractivity contribution is -0.173. The molecule has 2 aromatic carbocycles. The van der Waals surface area contributed by atoms with Crippen LogP contribution in [0.4, 0.5) is 36.4 Å². The summed E-state index contributed by atoms with van der Waals surface area (Å²) in [4.78, 5) is 3.27. The van der Waals surface area contributed by atoms with Crippen molar-refractivity contribution in [2.75, 3.05) is 18.0 Å². The van der Waals surface area contributed by atoms with E-state index in [0.717, 1.165) is 11.3 Å². The van der Waals surface area contributed by atoms with Crippen molar-refractivity contribution in [2.45, 2.75) is 69.3 Å². The molecule has 0 unspecified atom stereocenters. The van der Waals surface area contributed by atoms with Gasteiger partial charge in [-0.3, -0.25) is 9.47 Å². The first kappa shape index (κ1) is 27.3. The van der Waals surface area contributed by atoms with Crippen LogP contribution in [0, 0.1) is 11.6 Å². The molecule has 5 nitrogen and oxygen atoms in total. The Morgan fingerprint density at radius 3 is 2.33 bits per heavy atom. The van der Waals surface area contributed by atoms with Crippen LogP contribution in [-0.4, -0.2) is 44.2 Å². The molecular weight excluding hydrogens is 563 g/mol. The highest BCUT2D eigenvalue weighted by atomic mass is 35.5. The fraction of sp³-hybridized carbons (Fsp3) is 0.481. The molecule has 2 fully saturated rings. The average molecular weight is 588 g/mol. The summed E-state index contributed by atoms with van der Waals surface area (Å²) in [7, 11) is 0. The topological polar surface area (TPSA) is 37.2 Å². The summed E-state index contributed by atoms with van der Waals surface area (Å²) in [5.41, 5.74) is -1.32. The maximum Gasteiger partial charge on any atom is 0.419 e. The molecule has 1 aliphatic carbocycles. The predicted octanol–water partition coefficient (Wildman–Crippen LogP) is 7.11. The SMILES string of the molecule is CC1(N2Cc3cc(Cl)ccc3-n3c(nnc3C3CCN(c4c(F)ccc(C(F)(F)F)c4F)CC3)C2)CC(F)(F)C1. The Labute approximate surface area is 230 Å². The van der Waals surface area contributed by atoms with E-state index in [4.69, 9.17) is 11.6 Å². The van der Waals surface area contributed by atoms with Gasteiger partial charge in [0.25, 0.3) is 5.92 Å². The number of fused-ring (bicyclic) bond motifs is 3. The zero-order valence-corrected chi connectivity index (χ0v) is 22.1. The van der Waals surface area contributed by atoms with E-state index in [1.165, 1.54) is 4.90 Å². The van der Waals surface area contributed by atoms with Gasteiger partial charge in [-0.25, -0.2) is 17.6 Å². The summed E-state index contributed by atoms with van der Waals surface area (Å²) in [6, 6.07) is 6.40. The minimum absolute atomic E-state index is 0.106. The van der Waals surface area contributed by atoms with Crippen molar-refractivity contribution in [1.29, 1.82) is 0 Å². The van der Waals surface area contributed by atoms with E-state index in [9.17, 15) is 30.7 Å². The Hall–Kier alpha value is -2.86. The molecule has 3 heterocycles. The van der Waals surface area contributed by atoms with Gasteiger partial charge in [0.2, 0.25) is 0 Å². The Morgan fingerprint density at radius 2 is 1.68 bits per heavy atom. The van der Waals surface area contributed by atoms with Crippen molar-refractivity contribution in [3.63, 3.8) is 0 Å². The third kappa shape index (κ3) is 4.62. The van der Waals surface area contributed by atoms with Crippen LogP contribution < -0.4 is 4.90 Å². The molecule has 1 saturated carbocycles. The number of piperidine rings is 1. The summed E-state index contributed by atoms with van der Waals surface area (Å²) >= 11 is 6.30. The molecule has 0 N–H and O–H groups in total. The number of aromatic nitrogens is 3. The summed E-state index contributed by atoms with van der Waals surface area (Å²) in [5, 5.41) is 9.35. The first-order chi connectivity index (χ1) is 18.8. The summed E-state index contributed by atoms with van der Waals surface area (Å²) in [6.45, 7) is 2.69. The van der Waals surface area contributed by atoms with E-state index < -0.39 is 40.5 Å². The second-order valence-electron chi connectivity index (χ2n) is 11.2. The molecule has 1 aromatic heterocycles. The minimum atomic E-state index is -4.94. The first-order valence-corrected chi connectivity index (χ1v) is 13.3. The number of rotatable bonds is 3. The number of halogens is 8. The third-order valence-electron chi connectivity index (χ3n) is 8.32. The number of nitrogens with zero attached hydrogens (tertiary/aromatic N) is 5. The molecule has 6 rings (SSSR count). The van der Waals surface area contributed by atoms with Gasteiger partial charge in [0.15, 0.2) is 11.6 Å². The van der Waals surface area contributed by atoms with Gasteiger partial charge in [-0.2, -0.15) is 13.2 Å². The van der Waals surface area contributed by atoms with E-state index in [-0.39, 0.29) is 38.4 Å². The number of hydrogen-bond donors (Lipinski definition) is 0. The molecule has 13 heteroatoms. The number of anilines is 1. The van der Waals surface area contributed by atoms with Crippen LogP contribution in [0.2, 0.25) is 5.02 Å². The van der Waals surface area contributed by atoms with Crippen molar-refractivity contribution in [1.82, 2.24) is 19.7 Å². The quantitative estimate of drug-likeness (QED) is 0.306. The molecule has 3 aliphatic rings. The Kier molecular flexibility index (Phi) is 6.38. The smallest absolute Gasteiger partial charge is 0.367 e. The zero-order valence-electron chi connectivity index (χ0n) is 21.4. The highest BCUT2D eigenvalue weighted by Crippen LogP contribution is 2.50. The Balaban J connectivity index is 1.29. The fourth-order valence-corrected chi connectivity index (χ4v) is 6.56. The van der Waals surface area contributed by atoms with Gasteiger partial charge in [0.05, 0.1) is 17.8 Å². The standard InChI is InChI=1S/C27H25ClF7N5/c1-25(13-26(31,32)14-25)39-11-16-10-17(28)2-5-20(16)40-21(12-39)36-37-24(40)15-6-8-38(9-7-15)23-19(29)4-3-18(22(23)30)27(33,34)35/h2-5,10,15H,6-9,11-14H2,1H3. The molecule has 1 saturated heterocycles. The minimum Gasteiger partial charge on any atom is -0.367 e. The van der Waals surface area contributed by atoms with Crippen LogP contribution in [0.5, 0.6) is 0 Å². The van der Waals surface area contributed by atoms with Crippen LogP contribution in [0.1, 0.15) is 61.3 Å². The monoisotopic (exact) mass is 587 g/mol. The largest absolute Gasteiger partial charge is 0.419 e. The third-order valence-corrected chi connectivity index (χ3v) is 8.56. The highest BCUT2D eigenvalue weighted by Gasteiger charge is 2.57. The second kappa shape index (κ2) is 9.34. The van der Waals surface area contributed by atoms with Gasteiger partial charge < -0.3 is 4.90 Å². The predicted molar refractivity (Wildman–Crippen MR) is 134 cm³/mol. The molecule has 0 spiro atoms. The van der Waals surface area contributed by atoms with Gasteiger partial charge >= 0.3 is 6.18 Å². The van der Waals surface area contributed by atoms with Crippen molar-refractivity contribution >= 4 is 17.3 Å². The van der Waals surface area contributed by atoms with Crippen molar-refractivity contribution in [2.24, 2.45) is 0 Å². The van der Waals surface area contributed by atoms with Gasteiger partial charge in [-0.1, -0.05) is 11.6 Å². The van der Waals surface area contributed by atoms with E-state index in [1.807, 2.05) is 22.5 Å². The van der Waals surface area contributed by atoms with Crippen molar-refractivity contribution in [3.05, 3.63) is 69.8 Å². The maximum atomic E-state index is 14.8. The molecule has 40 heavy (non-hydrogen) atoms. The second-order valence-corrected chi connectivity index (χ2v) is 11.6. The first-order valence-electron chi connectivity index (χ1n) is 12.9. The van der Waals surface area contributed by atoms with Gasteiger partial charge in [0.1, 0.15) is 17.3 Å². The number of alkyl halides is 5. The molecule has 0 bridgehead atoms. The number of hydrogen-bond acceptors (Lipinski definition) is 4.